The first-order valence-corrected chi connectivity index (χ1v) is 16.0. The van der Waals surface area contributed by atoms with Crippen LogP contribution in [0.1, 0.15) is 60.3 Å². The molecule has 45 heavy (non-hydrogen) atoms. The van der Waals surface area contributed by atoms with Gasteiger partial charge in [0.05, 0.1) is 19.2 Å². The summed E-state index contributed by atoms with van der Waals surface area (Å²) in [4.78, 5) is 34.6. The summed E-state index contributed by atoms with van der Waals surface area (Å²) < 4.78 is 19.0. The van der Waals surface area contributed by atoms with Crippen molar-refractivity contribution in [1.82, 2.24) is 19.6 Å². The van der Waals surface area contributed by atoms with E-state index in [1.807, 2.05) is 47.4 Å². The summed E-state index contributed by atoms with van der Waals surface area (Å²) in [7, 11) is 0. The predicted molar refractivity (Wildman–Crippen MR) is 172 cm³/mol. The Hall–Kier alpha value is -3.79. The van der Waals surface area contributed by atoms with Gasteiger partial charge >= 0.3 is 5.97 Å². The lowest BCUT2D eigenvalue weighted by Gasteiger charge is -2.47. The van der Waals surface area contributed by atoms with Crippen LogP contribution < -0.4 is 0 Å². The number of esters is 1. The lowest BCUT2D eigenvalue weighted by Crippen LogP contribution is -2.56. The molecule has 240 valence electrons. The first kappa shape index (κ1) is 32.6. The molecule has 0 aromatic heterocycles. The summed E-state index contributed by atoms with van der Waals surface area (Å²) in [6.45, 7) is 11.6. The number of piperazine rings is 1. The van der Waals surface area contributed by atoms with Crippen molar-refractivity contribution in [3.8, 4) is 5.75 Å². The van der Waals surface area contributed by atoms with Crippen molar-refractivity contribution in [2.45, 2.75) is 51.9 Å². The standard InChI is InChI=1S/C36H45FN4O4/c1-4-45-34(43)25-38-15-8-16-39(18-17-38)36(44)31-12-6-10-29(20-31)35(30-11-7-14-33(42)21-30)41-23-26(2)40(22-27(41)3)24-28-9-5-13-32(37)19-28/h5-7,9-14,19-21,26-27,35,42H,4,8,15-18,22-25H2,1-3H3/t26-,27+,35?/m1/s1. The maximum atomic E-state index is 13.9. The Labute approximate surface area is 266 Å². The van der Waals surface area contributed by atoms with Crippen molar-refractivity contribution in [3.63, 3.8) is 0 Å². The molecule has 1 amide bonds. The van der Waals surface area contributed by atoms with Crippen LogP contribution in [-0.2, 0) is 16.1 Å². The van der Waals surface area contributed by atoms with Gasteiger partial charge in [-0.2, -0.15) is 0 Å². The number of benzene rings is 3. The summed E-state index contributed by atoms with van der Waals surface area (Å²) in [5.41, 5.74) is 3.53. The van der Waals surface area contributed by atoms with E-state index in [4.69, 9.17) is 4.74 Å². The number of ether oxygens (including phenoxy) is 1. The van der Waals surface area contributed by atoms with Gasteiger partial charge in [0.15, 0.2) is 0 Å². The van der Waals surface area contributed by atoms with Gasteiger partial charge < -0.3 is 14.7 Å². The van der Waals surface area contributed by atoms with E-state index in [1.165, 1.54) is 6.07 Å². The number of rotatable bonds is 9. The molecular weight excluding hydrogens is 571 g/mol. The molecule has 1 unspecified atom stereocenters. The first-order valence-electron chi connectivity index (χ1n) is 16.0. The summed E-state index contributed by atoms with van der Waals surface area (Å²) in [5, 5.41) is 10.4. The number of amides is 1. The van der Waals surface area contributed by atoms with Crippen LogP contribution in [0.2, 0.25) is 0 Å². The van der Waals surface area contributed by atoms with Crippen LogP contribution in [0.3, 0.4) is 0 Å². The zero-order chi connectivity index (χ0) is 31.9. The Morgan fingerprint density at radius 2 is 1.67 bits per heavy atom. The highest BCUT2D eigenvalue weighted by molar-refractivity contribution is 5.94. The number of halogens is 1. The van der Waals surface area contributed by atoms with Crippen molar-refractivity contribution in [3.05, 3.63) is 101 Å². The monoisotopic (exact) mass is 616 g/mol. The third kappa shape index (κ3) is 8.28. The molecule has 2 aliphatic rings. The van der Waals surface area contributed by atoms with Gasteiger partial charge in [0, 0.05) is 63.5 Å². The fourth-order valence-corrected chi connectivity index (χ4v) is 6.69. The van der Waals surface area contributed by atoms with Crippen LogP contribution in [0.25, 0.3) is 0 Å². The van der Waals surface area contributed by atoms with Crippen LogP contribution in [0, 0.1) is 5.82 Å². The van der Waals surface area contributed by atoms with Gasteiger partial charge in [-0.3, -0.25) is 24.3 Å². The molecule has 5 rings (SSSR count). The number of aromatic hydroxyl groups is 1. The summed E-state index contributed by atoms with van der Waals surface area (Å²) in [6, 6.07) is 22.2. The van der Waals surface area contributed by atoms with Crippen molar-refractivity contribution >= 4 is 11.9 Å². The van der Waals surface area contributed by atoms with Crippen molar-refractivity contribution < 1.29 is 23.8 Å². The van der Waals surface area contributed by atoms with Crippen molar-refractivity contribution in [1.29, 1.82) is 0 Å². The predicted octanol–water partition coefficient (Wildman–Crippen LogP) is 4.93. The maximum absolute atomic E-state index is 13.9. The molecule has 0 bridgehead atoms. The first-order chi connectivity index (χ1) is 21.7. The summed E-state index contributed by atoms with van der Waals surface area (Å²) in [6.07, 6.45) is 0.784. The zero-order valence-electron chi connectivity index (χ0n) is 26.6. The number of hydrogen-bond acceptors (Lipinski definition) is 7. The number of nitrogens with zero attached hydrogens (tertiary/aromatic N) is 4. The second-order valence-electron chi connectivity index (χ2n) is 12.3. The lowest BCUT2D eigenvalue weighted by atomic mass is 9.92. The zero-order valence-corrected chi connectivity index (χ0v) is 26.6. The normalized spacial score (nSPS) is 20.8. The molecular formula is C36H45FN4O4. The summed E-state index contributed by atoms with van der Waals surface area (Å²) >= 11 is 0. The second-order valence-corrected chi connectivity index (χ2v) is 12.3. The van der Waals surface area contributed by atoms with Crippen molar-refractivity contribution in [2.24, 2.45) is 0 Å². The van der Waals surface area contributed by atoms with E-state index >= 15 is 0 Å². The number of carbonyl (C=O) groups excluding carboxylic acids is 2. The fourth-order valence-electron chi connectivity index (χ4n) is 6.69. The molecule has 1 N–H and O–H groups in total. The van der Waals surface area contributed by atoms with Gasteiger partial charge in [0.2, 0.25) is 0 Å². The van der Waals surface area contributed by atoms with Gasteiger partial charge in [0.25, 0.3) is 5.91 Å². The molecule has 2 heterocycles. The van der Waals surface area contributed by atoms with E-state index in [9.17, 15) is 19.1 Å². The van der Waals surface area contributed by atoms with Crippen molar-refractivity contribution in [2.75, 3.05) is 52.4 Å². The van der Waals surface area contributed by atoms with Crippen LogP contribution in [0.5, 0.6) is 5.75 Å². The molecule has 3 aromatic carbocycles. The number of hydrogen-bond donors (Lipinski definition) is 1. The molecule has 2 aliphatic heterocycles. The van der Waals surface area contributed by atoms with Crippen LogP contribution in [0.4, 0.5) is 4.39 Å². The molecule has 3 aromatic rings. The number of carbonyl (C=O) groups is 2. The highest BCUT2D eigenvalue weighted by Gasteiger charge is 2.35. The quantitative estimate of drug-likeness (QED) is 0.342. The fraction of sp³-hybridized carbons (Fsp3) is 0.444. The Bertz CT molecular complexity index is 1470. The van der Waals surface area contributed by atoms with E-state index < -0.39 is 0 Å². The van der Waals surface area contributed by atoms with Crippen LogP contribution >= 0.6 is 0 Å². The third-order valence-corrected chi connectivity index (χ3v) is 8.94. The minimum Gasteiger partial charge on any atom is -0.508 e. The minimum atomic E-state index is -0.235. The van der Waals surface area contributed by atoms with Gasteiger partial charge in [0.1, 0.15) is 11.6 Å². The molecule has 0 saturated carbocycles. The second kappa shape index (κ2) is 15.0. The van der Waals surface area contributed by atoms with Crippen LogP contribution in [0.15, 0.2) is 72.8 Å². The summed E-state index contributed by atoms with van der Waals surface area (Å²) in [5.74, 6) is -0.279. The molecule has 9 heteroatoms. The molecule has 3 atom stereocenters. The van der Waals surface area contributed by atoms with Gasteiger partial charge in [-0.25, -0.2) is 4.39 Å². The average Bonchev–Trinajstić information content (AvgIpc) is 3.25. The highest BCUT2D eigenvalue weighted by Crippen LogP contribution is 2.35. The SMILES string of the molecule is CCOC(=O)CN1CCCN(C(=O)c2cccc(C(c3cccc(O)c3)N3C[C@@H](C)N(Cc4cccc(F)c4)C[C@@H]3C)c2)CC1. The van der Waals surface area contributed by atoms with Gasteiger partial charge in [-0.05, 0) is 80.3 Å². The van der Waals surface area contributed by atoms with Gasteiger partial charge in [-0.1, -0.05) is 36.4 Å². The molecule has 2 fully saturated rings. The van der Waals surface area contributed by atoms with E-state index in [2.05, 4.69) is 34.6 Å². The Balaban J connectivity index is 1.36. The smallest absolute Gasteiger partial charge is 0.320 e. The maximum Gasteiger partial charge on any atom is 0.320 e. The molecule has 8 nitrogen and oxygen atoms in total. The van der Waals surface area contributed by atoms with E-state index in [-0.39, 0.29) is 48.1 Å². The molecule has 0 spiro atoms. The Morgan fingerprint density at radius 1 is 0.911 bits per heavy atom. The van der Waals surface area contributed by atoms with E-state index in [1.54, 1.807) is 25.1 Å². The van der Waals surface area contributed by atoms with E-state index in [0.717, 1.165) is 42.7 Å². The molecule has 2 saturated heterocycles. The molecule has 0 radical (unpaired) electrons. The molecule has 0 aliphatic carbocycles. The third-order valence-electron chi connectivity index (χ3n) is 8.94. The Kier molecular flexibility index (Phi) is 10.9. The lowest BCUT2D eigenvalue weighted by molar-refractivity contribution is -0.144. The van der Waals surface area contributed by atoms with E-state index in [0.29, 0.717) is 38.3 Å². The average molecular weight is 617 g/mol. The Morgan fingerprint density at radius 3 is 2.42 bits per heavy atom. The minimum absolute atomic E-state index is 0.0224. The number of phenolic OH excluding ortho intramolecular Hbond substituents is 1. The highest BCUT2D eigenvalue weighted by atomic mass is 19.1. The van der Waals surface area contributed by atoms with Crippen LogP contribution in [-0.4, -0.2) is 101 Å². The number of phenols is 1. The largest absolute Gasteiger partial charge is 0.508 e. The van der Waals surface area contributed by atoms with Gasteiger partial charge in [-0.15, -0.1) is 0 Å². The topological polar surface area (TPSA) is 76.6 Å².